The maximum absolute atomic E-state index is 16.8. The second-order valence-electron chi connectivity index (χ2n) is 19.3. The fraction of sp³-hybridized carbons (Fsp3) is 0.421. The number of nitrogens with one attached hydrogen (secondary N) is 1. The van der Waals surface area contributed by atoms with Crippen molar-refractivity contribution in [3.05, 3.63) is 143 Å². The number of amides is 4. The van der Waals surface area contributed by atoms with Gasteiger partial charge in [0.25, 0.3) is 0 Å². The zero-order chi connectivity index (χ0) is 48.9. The number of rotatable bonds is 10. The highest BCUT2D eigenvalue weighted by molar-refractivity contribution is 6.25. The number of cyclic esters (lactones) is 1. The molecule has 5 aliphatic rings. The van der Waals surface area contributed by atoms with Crippen LogP contribution in [0.1, 0.15) is 118 Å². The third-order valence-electron chi connectivity index (χ3n) is 14.7. The summed E-state index contributed by atoms with van der Waals surface area (Å²) in [5, 5.41) is 12.7. The van der Waals surface area contributed by atoms with Crippen LogP contribution < -0.4 is 15.0 Å². The van der Waals surface area contributed by atoms with Crippen LogP contribution in [-0.2, 0) is 34.1 Å². The van der Waals surface area contributed by atoms with Crippen molar-refractivity contribution < 1.29 is 43.3 Å². The molecular weight excluding hydrogens is 885 g/mol. The molecule has 0 saturated carbocycles. The molecule has 1 spiro atoms. The smallest absolute Gasteiger partial charge is 0.329 e. The van der Waals surface area contributed by atoms with Crippen LogP contribution in [0.3, 0.4) is 0 Å². The Morgan fingerprint density at radius 3 is 2.19 bits per heavy atom. The van der Waals surface area contributed by atoms with Gasteiger partial charge in [-0.1, -0.05) is 124 Å². The number of likely N-dealkylation sites (tertiary alicyclic amines) is 1. The SMILES string of the molecule is COC(=O)C(NC(=O)N1C(=O)C2(c3cc(C#CC4=CCCCC4)ccc31)C(C(=O)N1CCCCCCC1)C1C(=O)OC(c3ccccc3)C(c3ccccc3)N1C2c1cccc(OCCO)c1)C(C)C. The second kappa shape index (κ2) is 21.1. The highest BCUT2D eigenvalue weighted by Crippen LogP contribution is 2.66. The maximum atomic E-state index is 16.8. The molecule has 70 heavy (non-hydrogen) atoms. The number of ether oxygens (including phenoxy) is 3. The fourth-order valence-electron chi connectivity index (χ4n) is 11.5. The molecule has 0 aromatic heterocycles. The molecule has 4 aromatic rings. The van der Waals surface area contributed by atoms with Gasteiger partial charge in [0.2, 0.25) is 11.8 Å². The summed E-state index contributed by atoms with van der Waals surface area (Å²) in [6.07, 6.45) is 9.49. The van der Waals surface area contributed by atoms with Crippen molar-refractivity contribution >= 4 is 35.5 Å². The average Bonchev–Trinajstić information content (AvgIpc) is 3.83. The molecule has 4 aliphatic heterocycles. The predicted octanol–water partition coefficient (Wildman–Crippen LogP) is 8.28. The molecule has 4 amide bonds. The monoisotopic (exact) mass is 946 g/mol. The van der Waals surface area contributed by atoms with Gasteiger partial charge in [0, 0.05) is 18.7 Å². The molecule has 13 heteroatoms. The van der Waals surface area contributed by atoms with Crippen LogP contribution in [0.4, 0.5) is 10.5 Å². The molecular formula is C57H62N4O9. The number of carbonyl (C=O) groups excluding carboxylic acids is 5. The summed E-state index contributed by atoms with van der Waals surface area (Å²) in [5.41, 5.74) is 2.13. The van der Waals surface area contributed by atoms with E-state index in [0.717, 1.165) is 73.8 Å². The van der Waals surface area contributed by atoms with E-state index in [2.05, 4.69) is 23.2 Å². The standard InChI is InChI=1S/C57H62N4O9/c1-37(2)47(53(64)68-3)58-56(67)60-45-30-29-39(28-27-38-19-10-7-11-20-38)35-44(45)57(55(60)66)46(52(63)59-31-16-5-4-6-17-32-59)49-54(65)70-50(41-23-14-9-15-24-41)48(40-21-12-8-13-22-40)61(49)51(57)42-25-18-26-43(36-42)69-34-33-62/h8-9,12-15,18-19,21-26,29-30,35-37,46-51,62H,4-7,10-11,16-17,20,31-34H2,1-3H3,(H,58,67). The van der Waals surface area contributed by atoms with Gasteiger partial charge in [-0.2, -0.15) is 0 Å². The Hall–Kier alpha value is -6.75. The topological polar surface area (TPSA) is 155 Å². The molecule has 7 unspecified atom stereocenters. The van der Waals surface area contributed by atoms with Crippen LogP contribution in [0.2, 0.25) is 0 Å². The van der Waals surface area contributed by atoms with Crippen LogP contribution in [0.25, 0.3) is 0 Å². The van der Waals surface area contributed by atoms with Crippen molar-refractivity contribution in [2.75, 3.05) is 38.3 Å². The van der Waals surface area contributed by atoms with E-state index in [-0.39, 0.29) is 18.9 Å². The minimum atomic E-state index is -2.01. The Bertz CT molecular complexity index is 2690. The Kier molecular flexibility index (Phi) is 14.5. The lowest BCUT2D eigenvalue weighted by molar-refractivity contribution is -0.179. The summed E-state index contributed by atoms with van der Waals surface area (Å²) in [4.78, 5) is 82.1. The van der Waals surface area contributed by atoms with Gasteiger partial charge in [-0.25, -0.2) is 14.5 Å². The van der Waals surface area contributed by atoms with Crippen LogP contribution in [0.15, 0.2) is 115 Å². The molecule has 3 fully saturated rings. The first-order valence-corrected chi connectivity index (χ1v) is 24.9. The van der Waals surface area contributed by atoms with Crippen LogP contribution in [0.5, 0.6) is 5.75 Å². The van der Waals surface area contributed by atoms with Gasteiger partial charge < -0.3 is 29.5 Å². The molecule has 13 nitrogen and oxygen atoms in total. The second-order valence-corrected chi connectivity index (χ2v) is 19.3. The van der Waals surface area contributed by atoms with Gasteiger partial charge >= 0.3 is 18.0 Å². The number of aliphatic hydroxyl groups is 1. The molecule has 3 saturated heterocycles. The molecule has 364 valence electrons. The predicted molar refractivity (Wildman–Crippen MR) is 263 cm³/mol. The average molecular weight is 947 g/mol. The van der Waals surface area contributed by atoms with E-state index < -0.39 is 77.3 Å². The van der Waals surface area contributed by atoms with Crippen LogP contribution in [-0.4, -0.2) is 90.2 Å². The molecule has 7 atom stereocenters. The number of aliphatic hydroxyl groups excluding tert-OH is 1. The number of carbonyl (C=O) groups is 5. The Balaban J connectivity index is 1.37. The number of allylic oxidation sites excluding steroid dienone is 2. The highest BCUT2D eigenvalue weighted by Gasteiger charge is 2.76. The first-order chi connectivity index (χ1) is 34.1. The van der Waals surface area contributed by atoms with Gasteiger partial charge in [0.15, 0.2) is 0 Å². The van der Waals surface area contributed by atoms with E-state index in [0.29, 0.717) is 41.1 Å². The molecule has 1 aliphatic carbocycles. The lowest BCUT2D eigenvalue weighted by Gasteiger charge is -2.46. The number of esters is 2. The van der Waals surface area contributed by atoms with E-state index in [1.165, 1.54) is 7.11 Å². The lowest BCUT2D eigenvalue weighted by atomic mass is 9.64. The number of morpholine rings is 1. The number of urea groups is 1. The Labute approximate surface area is 410 Å². The van der Waals surface area contributed by atoms with Crippen LogP contribution >= 0.6 is 0 Å². The van der Waals surface area contributed by atoms with Gasteiger partial charge in [-0.05, 0) is 103 Å². The zero-order valence-electron chi connectivity index (χ0n) is 40.2. The summed E-state index contributed by atoms with van der Waals surface area (Å²) < 4.78 is 17.9. The molecule has 0 radical (unpaired) electrons. The number of benzene rings is 4. The maximum Gasteiger partial charge on any atom is 0.329 e. The fourth-order valence-corrected chi connectivity index (χ4v) is 11.5. The van der Waals surface area contributed by atoms with Crippen molar-refractivity contribution in [3.63, 3.8) is 0 Å². The summed E-state index contributed by atoms with van der Waals surface area (Å²) in [6.45, 7) is 4.10. The number of fused-ring (bicyclic) bond motifs is 3. The van der Waals surface area contributed by atoms with Gasteiger partial charge in [0.1, 0.15) is 36.0 Å². The summed E-state index contributed by atoms with van der Waals surface area (Å²) in [5.74, 6) is 2.77. The summed E-state index contributed by atoms with van der Waals surface area (Å²) in [6, 6.07) is 26.3. The van der Waals surface area contributed by atoms with E-state index in [1.54, 1.807) is 44.2 Å². The normalized spacial score (nSPS) is 24.8. The summed E-state index contributed by atoms with van der Waals surface area (Å²) in [7, 11) is 1.24. The van der Waals surface area contributed by atoms with Crippen molar-refractivity contribution in [2.45, 2.75) is 107 Å². The van der Waals surface area contributed by atoms with Crippen molar-refractivity contribution in [1.29, 1.82) is 0 Å². The lowest BCUT2D eigenvalue weighted by Crippen LogP contribution is -2.58. The number of anilines is 1. The Morgan fingerprint density at radius 1 is 0.814 bits per heavy atom. The van der Waals surface area contributed by atoms with Crippen molar-refractivity contribution in [3.8, 4) is 17.6 Å². The third-order valence-corrected chi connectivity index (χ3v) is 14.7. The number of nitrogens with zero attached hydrogens (tertiary/aromatic N) is 3. The first-order valence-electron chi connectivity index (χ1n) is 24.9. The molecule has 9 rings (SSSR count). The highest BCUT2D eigenvalue weighted by atomic mass is 16.6. The van der Waals surface area contributed by atoms with Crippen molar-refractivity contribution in [1.82, 2.24) is 15.1 Å². The quantitative estimate of drug-likeness (QED) is 0.117. The molecule has 2 N–H and O–H groups in total. The van der Waals surface area contributed by atoms with Gasteiger partial charge in [-0.3, -0.25) is 19.3 Å². The minimum Gasteiger partial charge on any atom is -0.491 e. The van der Waals surface area contributed by atoms with E-state index >= 15 is 19.2 Å². The van der Waals surface area contributed by atoms with Crippen molar-refractivity contribution in [2.24, 2.45) is 11.8 Å². The number of methoxy groups -OCH3 is 1. The summed E-state index contributed by atoms with van der Waals surface area (Å²) >= 11 is 0. The first kappa shape index (κ1) is 48.3. The van der Waals surface area contributed by atoms with E-state index in [1.807, 2.05) is 82.6 Å². The van der Waals surface area contributed by atoms with Crippen LogP contribution in [0, 0.1) is 23.7 Å². The largest absolute Gasteiger partial charge is 0.491 e. The Morgan fingerprint density at radius 2 is 1.51 bits per heavy atom. The molecule has 0 bridgehead atoms. The molecule has 4 aromatic carbocycles. The number of imide groups is 1. The number of hydrogen-bond acceptors (Lipinski definition) is 10. The van der Waals surface area contributed by atoms with Gasteiger partial charge in [0.05, 0.1) is 37.4 Å². The van der Waals surface area contributed by atoms with Gasteiger partial charge in [-0.15, -0.1) is 0 Å². The number of hydrogen-bond donors (Lipinski definition) is 2. The minimum absolute atomic E-state index is 0.0118. The van der Waals surface area contributed by atoms with E-state index in [9.17, 15) is 9.90 Å². The third kappa shape index (κ3) is 8.99. The van der Waals surface area contributed by atoms with E-state index in [4.69, 9.17) is 14.2 Å². The molecule has 4 heterocycles. The zero-order valence-corrected chi connectivity index (χ0v) is 40.2.